The minimum atomic E-state index is -1.07. The number of hydrogen-bond donors (Lipinski definition) is 2. The van der Waals surface area contributed by atoms with E-state index in [4.69, 9.17) is 9.84 Å². The molecule has 0 aromatic heterocycles. The molecule has 1 aromatic carbocycles. The van der Waals surface area contributed by atoms with Crippen molar-refractivity contribution in [3.63, 3.8) is 0 Å². The zero-order chi connectivity index (χ0) is 17.5. The number of ether oxygens (including phenoxy) is 1. The molecule has 1 amide bonds. The third-order valence-electron chi connectivity index (χ3n) is 3.67. The second-order valence-electron chi connectivity index (χ2n) is 5.50. The van der Waals surface area contributed by atoms with Crippen LogP contribution < -0.4 is 10.1 Å². The molecule has 7 heteroatoms. The molecule has 1 aliphatic rings. The zero-order valence-electron chi connectivity index (χ0n) is 12.9. The molecule has 1 aromatic rings. The number of carbonyl (C=O) groups excluding carboxylic acids is 1. The number of benzene rings is 1. The van der Waals surface area contributed by atoms with E-state index < -0.39 is 12.6 Å². The van der Waals surface area contributed by atoms with Gasteiger partial charge >= 0.3 is 5.97 Å². The van der Waals surface area contributed by atoms with Crippen LogP contribution in [-0.2, 0) is 9.59 Å². The molecule has 0 spiro atoms. The van der Waals surface area contributed by atoms with E-state index in [2.05, 4.69) is 21.2 Å². The first-order valence-corrected chi connectivity index (χ1v) is 8.35. The van der Waals surface area contributed by atoms with Gasteiger partial charge in [0.2, 0.25) is 0 Å². The van der Waals surface area contributed by atoms with Crippen LogP contribution in [0.5, 0.6) is 5.75 Å². The molecule has 1 saturated carbocycles. The summed E-state index contributed by atoms with van der Waals surface area (Å²) in [6, 6.07) is 6.97. The van der Waals surface area contributed by atoms with Crippen LogP contribution in [0, 0.1) is 11.3 Å². The number of rotatable bonds is 6. The zero-order valence-corrected chi connectivity index (χ0v) is 14.5. The van der Waals surface area contributed by atoms with Gasteiger partial charge in [-0.15, -0.1) is 0 Å². The highest BCUT2D eigenvalue weighted by Gasteiger charge is 2.19. The second-order valence-corrected chi connectivity index (χ2v) is 6.35. The number of hydrogen-bond acceptors (Lipinski definition) is 4. The Bertz CT molecular complexity index is 703. The minimum absolute atomic E-state index is 0.0352. The lowest BCUT2D eigenvalue weighted by atomic mass is 10.1. The van der Waals surface area contributed by atoms with Crippen LogP contribution in [-0.4, -0.2) is 29.6 Å². The van der Waals surface area contributed by atoms with Crippen LogP contribution in [0.1, 0.15) is 31.2 Å². The third-order valence-corrected chi connectivity index (χ3v) is 4.29. The maximum absolute atomic E-state index is 12.2. The summed E-state index contributed by atoms with van der Waals surface area (Å²) in [6.07, 6.45) is 5.59. The van der Waals surface area contributed by atoms with Gasteiger partial charge in [0.1, 0.15) is 17.4 Å². The SMILES string of the molecule is N#C/C(=C/c1ccc(OCC(=O)O)c(Br)c1)C(=O)NC1CCCC1. The topological polar surface area (TPSA) is 99.4 Å². The van der Waals surface area contributed by atoms with Gasteiger partial charge in [0.15, 0.2) is 6.61 Å². The number of amides is 1. The molecular formula is C17H17BrN2O4. The van der Waals surface area contributed by atoms with Crippen LogP contribution in [0.4, 0.5) is 0 Å². The highest BCUT2D eigenvalue weighted by atomic mass is 79.9. The Labute approximate surface area is 148 Å². The number of carboxylic acids is 1. The van der Waals surface area contributed by atoms with Crippen molar-refractivity contribution in [1.29, 1.82) is 5.26 Å². The molecule has 6 nitrogen and oxygen atoms in total. The van der Waals surface area contributed by atoms with Crippen molar-refractivity contribution in [1.82, 2.24) is 5.32 Å². The standard InChI is InChI=1S/C17H17BrN2O4/c18-14-8-11(5-6-15(14)24-10-16(21)22)7-12(9-19)17(23)20-13-3-1-2-4-13/h5-8,13H,1-4,10H2,(H,20,23)(H,21,22)/b12-7-. The van der Waals surface area contributed by atoms with Crippen LogP contribution in [0.3, 0.4) is 0 Å². The first-order valence-electron chi connectivity index (χ1n) is 7.56. The van der Waals surface area contributed by atoms with E-state index in [1.807, 2.05) is 6.07 Å². The van der Waals surface area contributed by atoms with Crippen LogP contribution in [0.25, 0.3) is 6.08 Å². The van der Waals surface area contributed by atoms with Gasteiger partial charge in [-0.05, 0) is 52.5 Å². The maximum Gasteiger partial charge on any atom is 0.341 e. The van der Waals surface area contributed by atoms with E-state index in [0.717, 1.165) is 25.7 Å². The number of nitrogens with one attached hydrogen (secondary N) is 1. The molecule has 0 heterocycles. The average Bonchev–Trinajstić information content (AvgIpc) is 3.04. The number of carbonyl (C=O) groups is 2. The van der Waals surface area contributed by atoms with Gasteiger partial charge in [-0.25, -0.2) is 4.79 Å². The van der Waals surface area contributed by atoms with E-state index in [1.54, 1.807) is 18.2 Å². The molecule has 0 radical (unpaired) electrons. The minimum Gasteiger partial charge on any atom is -0.481 e. The highest BCUT2D eigenvalue weighted by Crippen LogP contribution is 2.27. The summed E-state index contributed by atoms with van der Waals surface area (Å²) < 4.78 is 5.66. The molecule has 2 N–H and O–H groups in total. The first-order chi connectivity index (χ1) is 11.5. The predicted octanol–water partition coefficient (Wildman–Crippen LogP) is 2.88. The quantitative estimate of drug-likeness (QED) is 0.572. The number of nitriles is 1. The van der Waals surface area contributed by atoms with Gasteiger partial charge in [-0.3, -0.25) is 4.79 Å². The normalized spacial score (nSPS) is 14.9. The van der Waals surface area contributed by atoms with Crippen LogP contribution in [0.2, 0.25) is 0 Å². The molecule has 0 atom stereocenters. The number of aliphatic carboxylic acids is 1. The van der Waals surface area contributed by atoms with Crippen molar-refractivity contribution in [2.75, 3.05) is 6.61 Å². The molecular weight excluding hydrogens is 376 g/mol. The summed E-state index contributed by atoms with van der Waals surface area (Å²) in [4.78, 5) is 22.7. The van der Waals surface area contributed by atoms with Crippen LogP contribution >= 0.6 is 15.9 Å². The van der Waals surface area contributed by atoms with E-state index in [-0.39, 0.29) is 17.5 Å². The van der Waals surface area contributed by atoms with Crippen molar-refractivity contribution in [2.24, 2.45) is 0 Å². The molecule has 0 unspecified atom stereocenters. The molecule has 0 aliphatic heterocycles. The van der Waals surface area contributed by atoms with Gasteiger partial charge in [0.05, 0.1) is 4.47 Å². The van der Waals surface area contributed by atoms with Crippen molar-refractivity contribution >= 4 is 33.9 Å². The molecule has 126 valence electrons. The lowest BCUT2D eigenvalue weighted by Gasteiger charge is -2.11. The lowest BCUT2D eigenvalue weighted by molar-refractivity contribution is -0.139. The fourth-order valence-electron chi connectivity index (χ4n) is 2.51. The molecule has 24 heavy (non-hydrogen) atoms. The van der Waals surface area contributed by atoms with Crippen LogP contribution in [0.15, 0.2) is 28.2 Å². The summed E-state index contributed by atoms with van der Waals surface area (Å²) in [6.45, 7) is -0.443. The fraction of sp³-hybridized carbons (Fsp3) is 0.353. The summed E-state index contributed by atoms with van der Waals surface area (Å²) in [5.41, 5.74) is 0.677. The molecule has 0 bridgehead atoms. The summed E-state index contributed by atoms with van der Waals surface area (Å²) in [7, 11) is 0. The Morgan fingerprint density at radius 3 is 2.71 bits per heavy atom. The number of nitrogens with zero attached hydrogens (tertiary/aromatic N) is 1. The van der Waals surface area contributed by atoms with E-state index in [9.17, 15) is 14.9 Å². The maximum atomic E-state index is 12.2. The van der Waals surface area contributed by atoms with Gasteiger partial charge < -0.3 is 15.2 Å². The van der Waals surface area contributed by atoms with Crippen molar-refractivity contribution in [2.45, 2.75) is 31.7 Å². The van der Waals surface area contributed by atoms with Gasteiger partial charge in [-0.1, -0.05) is 18.9 Å². The Kier molecular flexibility index (Phi) is 6.38. The molecule has 2 rings (SSSR count). The Balaban J connectivity index is 2.09. The number of halogens is 1. The highest BCUT2D eigenvalue weighted by molar-refractivity contribution is 9.10. The van der Waals surface area contributed by atoms with Crippen molar-refractivity contribution in [3.05, 3.63) is 33.8 Å². The Morgan fingerprint density at radius 2 is 2.12 bits per heavy atom. The van der Waals surface area contributed by atoms with E-state index >= 15 is 0 Å². The van der Waals surface area contributed by atoms with Gasteiger partial charge in [0.25, 0.3) is 5.91 Å². The Morgan fingerprint density at radius 1 is 1.42 bits per heavy atom. The van der Waals surface area contributed by atoms with E-state index in [1.165, 1.54) is 6.08 Å². The van der Waals surface area contributed by atoms with Gasteiger partial charge in [-0.2, -0.15) is 5.26 Å². The molecule has 0 saturated heterocycles. The fourth-order valence-corrected chi connectivity index (χ4v) is 3.02. The summed E-state index contributed by atoms with van der Waals surface area (Å²) in [5, 5.41) is 20.7. The third kappa shape index (κ3) is 5.10. The summed E-state index contributed by atoms with van der Waals surface area (Å²) in [5.74, 6) is -1.06. The smallest absolute Gasteiger partial charge is 0.341 e. The number of carboxylic acid groups (broad SMARTS) is 1. The first kappa shape index (κ1) is 18.0. The van der Waals surface area contributed by atoms with Gasteiger partial charge in [0, 0.05) is 6.04 Å². The van der Waals surface area contributed by atoms with Crippen molar-refractivity contribution < 1.29 is 19.4 Å². The average molecular weight is 393 g/mol. The second kappa shape index (κ2) is 8.50. The van der Waals surface area contributed by atoms with E-state index in [0.29, 0.717) is 15.8 Å². The molecule has 1 aliphatic carbocycles. The monoisotopic (exact) mass is 392 g/mol. The predicted molar refractivity (Wildman–Crippen MR) is 91.3 cm³/mol. The molecule has 1 fully saturated rings. The van der Waals surface area contributed by atoms with Crippen molar-refractivity contribution in [3.8, 4) is 11.8 Å². The largest absolute Gasteiger partial charge is 0.481 e. The lowest BCUT2D eigenvalue weighted by Crippen LogP contribution is -2.33. The summed E-state index contributed by atoms with van der Waals surface area (Å²) >= 11 is 3.29. The Hall–Kier alpha value is -2.33.